The summed E-state index contributed by atoms with van der Waals surface area (Å²) >= 11 is 1.51. The van der Waals surface area contributed by atoms with Crippen molar-refractivity contribution in [2.24, 2.45) is 0 Å². The van der Waals surface area contributed by atoms with Gasteiger partial charge in [-0.25, -0.2) is 0 Å². The standard InChI is InChI=1S/C20H22N2O2S/c1-15-19(20(23)18-7-4-14-25-18)16-5-2-3-6-17(16)22(15)9-8-21-10-12-24-13-11-21/h2-7,14H,8-13H2,1H3. The lowest BCUT2D eigenvalue weighted by Crippen LogP contribution is -2.38. The number of fused-ring (bicyclic) bond motifs is 1. The molecule has 1 aromatic carbocycles. The number of aromatic nitrogens is 1. The smallest absolute Gasteiger partial charge is 0.205 e. The van der Waals surface area contributed by atoms with E-state index in [0.29, 0.717) is 0 Å². The van der Waals surface area contributed by atoms with E-state index in [0.717, 1.165) is 66.4 Å². The molecule has 5 heteroatoms. The molecule has 0 radical (unpaired) electrons. The Balaban J connectivity index is 1.69. The number of hydrogen-bond donors (Lipinski definition) is 0. The minimum Gasteiger partial charge on any atom is -0.379 e. The highest BCUT2D eigenvalue weighted by molar-refractivity contribution is 7.12. The fraction of sp³-hybridized carbons (Fsp3) is 0.350. The molecule has 25 heavy (non-hydrogen) atoms. The van der Waals surface area contributed by atoms with Crippen LogP contribution in [0.1, 0.15) is 20.9 Å². The normalized spacial score (nSPS) is 15.7. The summed E-state index contributed by atoms with van der Waals surface area (Å²) in [6.45, 7) is 7.54. The fourth-order valence-electron chi connectivity index (χ4n) is 3.60. The number of carbonyl (C=O) groups excluding carboxylic acids is 1. The lowest BCUT2D eigenvalue weighted by atomic mass is 10.1. The molecule has 1 aliphatic heterocycles. The molecule has 0 bridgehead atoms. The number of para-hydroxylation sites is 1. The highest BCUT2D eigenvalue weighted by Crippen LogP contribution is 2.29. The molecule has 0 spiro atoms. The summed E-state index contributed by atoms with van der Waals surface area (Å²) in [7, 11) is 0. The summed E-state index contributed by atoms with van der Waals surface area (Å²) in [4.78, 5) is 16.3. The number of ketones is 1. The Morgan fingerprint density at radius 3 is 2.68 bits per heavy atom. The van der Waals surface area contributed by atoms with Crippen molar-refractivity contribution >= 4 is 28.0 Å². The van der Waals surface area contributed by atoms with Crippen LogP contribution in [0.15, 0.2) is 41.8 Å². The van der Waals surface area contributed by atoms with Gasteiger partial charge in [-0.2, -0.15) is 0 Å². The third kappa shape index (κ3) is 3.15. The largest absolute Gasteiger partial charge is 0.379 e. The van der Waals surface area contributed by atoms with Crippen molar-refractivity contribution < 1.29 is 9.53 Å². The van der Waals surface area contributed by atoms with Crippen LogP contribution in [0.5, 0.6) is 0 Å². The monoisotopic (exact) mass is 354 g/mol. The van der Waals surface area contributed by atoms with E-state index in [1.165, 1.54) is 11.3 Å². The minimum atomic E-state index is 0.133. The van der Waals surface area contributed by atoms with Crippen LogP contribution < -0.4 is 0 Å². The van der Waals surface area contributed by atoms with Crippen LogP contribution in [0.4, 0.5) is 0 Å². The van der Waals surface area contributed by atoms with Gasteiger partial charge in [0, 0.05) is 42.8 Å². The van der Waals surface area contributed by atoms with Crippen LogP contribution in [0.3, 0.4) is 0 Å². The van der Waals surface area contributed by atoms with Crippen molar-refractivity contribution in [2.75, 3.05) is 32.8 Å². The zero-order valence-corrected chi connectivity index (χ0v) is 15.2. The summed E-state index contributed by atoms with van der Waals surface area (Å²) in [6.07, 6.45) is 0. The van der Waals surface area contributed by atoms with E-state index in [1.54, 1.807) is 0 Å². The molecule has 3 heterocycles. The number of hydrogen-bond acceptors (Lipinski definition) is 4. The van der Waals surface area contributed by atoms with Crippen LogP contribution in [0.2, 0.25) is 0 Å². The predicted molar refractivity (Wildman–Crippen MR) is 102 cm³/mol. The molecule has 0 unspecified atom stereocenters. The first-order valence-corrected chi connectivity index (χ1v) is 9.60. The Morgan fingerprint density at radius 1 is 1.12 bits per heavy atom. The van der Waals surface area contributed by atoms with Crippen LogP contribution in [-0.4, -0.2) is 48.1 Å². The van der Waals surface area contributed by atoms with E-state index < -0.39 is 0 Å². The van der Waals surface area contributed by atoms with E-state index in [2.05, 4.69) is 28.5 Å². The van der Waals surface area contributed by atoms with Crippen molar-refractivity contribution in [1.29, 1.82) is 0 Å². The number of morpholine rings is 1. The molecule has 3 aromatic rings. The van der Waals surface area contributed by atoms with Gasteiger partial charge in [-0.3, -0.25) is 9.69 Å². The summed E-state index contributed by atoms with van der Waals surface area (Å²) in [5, 5.41) is 3.01. The van der Waals surface area contributed by atoms with Gasteiger partial charge in [0.05, 0.1) is 23.7 Å². The molecule has 4 rings (SSSR count). The van der Waals surface area contributed by atoms with Gasteiger partial charge in [-0.1, -0.05) is 24.3 Å². The van der Waals surface area contributed by atoms with Crippen molar-refractivity contribution in [3.63, 3.8) is 0 Å². The second-order valence-electron chi connectivity index (χ2n) is 6.39. The Kier molecular flexibility index (Phi) is 4.70. The van der Waals surface area contributed by atoms with Gasteiger partial charge in [-0.15, -0.1) is 11.3 Å². The van der Waals surface area contributed by atoms with Gasteiger partial charge in [0.25, 0.3) is 0 Å². The van der Waals surface area contributed by atoms with E-state index in [1.807, 2.05) is 29.6 Å². The van der Waals surface area contributed by atoms with Crippen molar-refractivity contribution in [3.05, 3.63) is 57.9 Å². The topological polar surface area (TPSA) is 34.5 Å². The number of rotatable bonds is 5. The van der Waals surface area contributed by atoms with Crippen LogP contribution in [0, 0.1) is 6.92 Å². The molecular weight excluding hydrogens is 332 g/mol. The molecule has 0 aliphatic carbocycles. The van der Waals surface area contributed by atoms with Crippen molar-refractivity contribution in [3.8, 4) is 0 Å². The molecule has 0 amide bonds. The molecule has 4 nitrogen and oxygen atoms in total. The van der Waals surface area contributed by atoms with E-state index in [-0.39, 0.29) is 5.78 Å². The average molecular weight is 354 g/mol. The summed E-state index contributed by atoms with van der Waals surface area (Å²) in [6, 6.07) is 12.1. The predicted octanol–water partition coefficient (Wildman–Crippen LogP) is 3.57. The summed E-state index contributed by atoms with van der Waals surface area (Å²) < 4.78 is 7.73. The molecule has 0 N–H and O–H groups in total. The Bertz CT molecular complexity index is 877. The quantitative estimate of drug-likeness (QED) is 0.657. The maximum absolute atomic E-state index is 13.0. The van der Waals surface area contributed by atoms with E-state index in [4.69, 9.17) is 4.74 Å². The highest BCUT2D eigenvalue weighted by atomic mass is 32.1. The zero-order chi connectivity index (χ0) is 17.2. The second-order valence-corrected chi connectivity index (χ2v) is 7.34. The third-order valence-corrected chi connectivity index (χ3v) is 5.82. The van der Waals surface area contributed by atoms with Crippen molar-refractivity contribution in [1.82, 2.24) is 9.47 Å². The fourth-order valence-corrected chi connectivity index (χ4v) is 4.27. The van der Waals surface area contributed by atoms with Gasteiger partial charge in [-0.05, 0) is 24.4 Å². The van der Waals surface area contributed by atoms with Crippen molar-refractivity contribution in [2.45, 2.75) is 13.5 Å². The lowest BCUT2D eigenvalue weighted by molar-refractivity contribution is 0.0365. The molecule has 0 atom stereocenters. The lowest BCUT2D eigenvalue weighted by Gasteiger charge is -2.27. The van der Waals surface area contributed by atoms with Gasteiger partial charge >= 0.3 is 0 Å². The maximum Gasteiger partial charge on any atom is 0.205 e. The number of carbonyl (C=O) groups is 1. The molecular formula is C20H22N2O2S. The molecule has 0 saturated carbocycles. The molecule has 2 aromatic heterocycles. The zero-order valence-electron chi connectivity index (χ0n) is 14.4. The van der Waals surface area contributed by atoms with Gasteiger partial charge in [0.1, 0.15) is 0 Å². The first-order valence-electron chi connectivity index (χ1n) is 8.72. The number of nitrogens with zero attached hydrogens (tertiary/aromatic N) is 2. The molecule has 1 fully saturated rings. The Morgan fingerprint density at radius 2 is 1.92 bits per heavy atom. The van der Waals surface area contributed by atoms with E-state index in [9.17, 15) is 4.79 Å². The van der Waals surface area contributed by atoms with Gasteiger partial charge in [0.15, 0.2) is 0 Å². The minimum absolute atomic E-state index is 0.133. The Labute approximate surface area is 151 Å². The van der Waals surface area contributed by atoms with Crippen LogP contribution in [0.25, 0.3) is 10.9 Å². The van der Waals surface area contributed by atoms with Gasteiger partial charge in [0.2, 0.25) is 5.78 Å². The number of benzene rings is 1. The third-order valence-electron chi connectivity index (χ3n) is 4.95. The summed E-state index contributed by atoms with van der Waals surface area (Å²) in [5.74, 6) is 0.133. The van der Waals surface area contributed by atoms with E-state index >= 15 is 0 Å². The highest BCUT2D eigenvalue weighted by Gasteiger charge is 2.22. The maximum atomic E-state index is 13.0. The Hall–Kier alpha value is -1.95. The van der Waals surface area contributed by atoms with Crippen LogP contribution >= 0.6 is 11.3 Å². The molecule has 1 aliphatic rings. The second kappa shape index (κ2) is 7.12. The number of thiophene rings is 1. The summed E-state index contributed by atoms with van der Waals surface area (Å²) in [5.41, 5.74) is 3.06. The van der Waals surface area contributed by atoms with Gasteiger partial charge < -0.3 is 9.30 Å². The SMILES string of the molecule is Cc1c(C(=O)c2cccs2)c2ccccc2n1CCN1CCOCC1. The average Bonchev–Trinajstić information content (AvgIpc) is 3.27. The number of ether oxygens (including phenoxy) is 1. The first-order chi connectivity index (χ1) is 12.3. The molecule has 1 saturated heterocycles. The van der Waals surface area contributed by atoms with Crippen LogP contribution in [-0.2, 0) is 11.3 Å². The molecule has 130 valence electrons. The first kappa shape index (κ1) is 16.5.